The van der Waals surface area contributed by atoms with Crippen molar-refractivity contribution in [1.29, 1.82) is 0 Å². The number of aryl methyl sites for hydroxylation is 1. The lowest BCUT2D eigenvalue weighted by molar-refractivity contribution is -0.128. The van der Waals surface area contributed by atoms with E-state index < -0.39 is 6.10 Å². The molecule has 0 radical (unpaired) electrons. The zero-order chi connectivity index (χ0) is 19.8. The molecule has 0 heterocycles. The Morgan fingerprint density at radius 1 is 1.04 bits per heavy atom. The van der Waals surface area contributed by atoms with E-state index in [0.717, 1.165) is 22.6 Å². The topological polar surface area (TPSA) is 47.6 Å². The number of rotatable bonds is 9. The Morgan fingerprint density at radius 3 is 2.44 bits per heavy atom. The minimum Gasteiger partial charge on any atom is -0.491 e. The van der Waals surface area contributed by atoms with Gasteiger partial charge in [0.1, 0.15) is 18.1 Å². The molecular formula is C23H31NO3. The summed E-state index contributed by atoms with van der Waals surface area (Å²) < 4.78 is 11.8. The van der Waals surface area contributed by atoms with Crippen LogP contribution in [0.3, 0.4) is 0 Å². The van der Waals surface area contributed by atoms with E-state index in [0.29, 0.717) is 25.5 Å². The molecule has 4 heteroatoms. The van der Waals surface area contributed by atoms with Gasteiger partial charge in [-0.2, -0.15) is 0 Å². The van der Waals surface area contributed by atoms with Gasteiger partial charge in [0, 0.05) is 0 Å². The first-order valence-electron chi connectivity index (χ1n) is 9.66. The SMILES string of the molecule is CCC(Oc1cccc(C)c1C)C(=O)NCCOc1ccccc1C(C)C. The van der Waals surface area contributed by atoms with Crippen LogP contribution in [0.1, 0.15) is 49.8 Å². The van der Waals surface area contributed by atoms with E-state index in [1.807, 2.05) is 57.2 Å². The van der Waals surface area contributed by atoms with Crippen molar-refractivity contribution in [3.05, 3.63) is 59.2 Å². The summed E-state index contributed by atoms with van der Waals surface area (Å²) in [5.74, 6) is 1.92. The van der Waals surface area contributed by atoms with E-state index in [2.05, 4.69) is 25.2 Å². The predicted molar refractivity (Wildman–Crippen MR) is 110 cm³/mol. The molecule has 0 saturated heterocycles. The number of hydrogen-bond donors (Lipinski definition) is 1. The van der Waals surface area contributed by atoms with Gasteiger partial charge in [0.05, 0.1) is 6.54 Å². The minimum atomic E-state index is -0.506. The fourth-order valence-corrected chi connectivity index (χ4v) is 2.87. The summed E-state index contributed by atoms with van der Waals surface area (Å²) in [6, 6.07) is 13.9. The Bertz CT molecular complexity index is 755. The quantitative estimate of drug-likeness (QED) is 0.647. The Labute approximate surface area is 162 Å². The lowest BCUT2D eigenvalue weighted by Crippen LogP contribution is -2.40. The number of nitrogens with one attached hydrogen (secondary N) is 1. The molecule has 0 bridgehead atoms. The van der Waals surface area contributed by atoms with Crippen LogP contribution in [0.25, 0.3) is 0 Å². The zero-order valence-corrected chi connectivity index (χ0v) is 17.0. The summed E-state index contributed by atoms with van der Waals surface area (Å²) in [5, 5.41) is 2.92. The van der Waals surface area contributed by atoms with Gasteiger partial charge in [0.15, 0.2) is 6.10 Å². The maximum Gasteiger partial charge on any atom is 0.261 e. The molecule has 0 aliphatic rings. The first-order valence-corrected chi connectivity index (χ1v) is 9.66. The van der Waals surface area contributed by atoms with Gasteiger partial charge in [0.25, 0.3) is 5.91 Å². The number of benzene rings is 2. The molecule has 0 aliphatic carbocycles. The predicted octanol–water partition coefficient (Wildman–Crippen LogP) is 4.78. The molecule has 1 N–H and O–H groups in total. The molecule has 0 aliphatic heterocycles. The fourth-order valence-electron chi connectivity index (χ4n) is 2.87. The van der Waals surface area contributed by atoms with E-state index in [9.17, 15) is 4.79 Å². The van der Waals surface area contributed by atoms with E-state index in [-0.39, 0.29) is 5.91 Å². The van der Waals surface area contributed by atoms with Crippen LogP contribution in [0.2, 0.25) is 0 Å². The van der Waals surface area contributed by atoms with Crippen molar-refractivity contribution in [2.45, 2.75) is 53.1 Å². The molecule has 2 aromatic carbocycles. The van der Waals surface area contributed by atoms with Crippen LogP contribution in [0, 0.1) is 13.8 Å². The summed E-state index contributed by atoms with van der Waals surface area (Å²) in [6.45, 7) is 11.1. The van der Waals surface area contributed by atoms with Crippen molar-refractivity contribution in [1.82, 2.24) is 5.32 Å². The van der Waals surface area contributed by atoms with Gasteiger partial charge in [-0.25, -0.2) is 0 Å². The second kappa shape index (κ2) is 10.0. The van der Waals surface area contributed by atoms with Crippen LogP contribution in [0.5, 0.6) is 11.5 Å². The second-order valence-corrected chi connectivity index (χ2v) is 7.04. The van der Waals surface area contributed by atoms with Crippen molar-refractivity contribution < 1.29 is 14.3 Å². The highest BCUT2D eigenvalue weighted by molar-refractivity contribution is 5.81. The summed E-state index contributed by atoms with van der Waals surface area (Å²) >= 11 is 0. The first-order chi connectivity index (χ1) is 12.9. The molecule has 27 heavy (non-hydrogen) atoms. The van der Waals surface area contributed by atoms with Crippen molar-refractivity contribution >= 4 is 5.91 Å². The van der Waals surface area contributed by atoms with Gasteiger partial charge in [-0.15, -0.1) is 0 Å². The van der Waals surface area contributed by atoms with Crippen LogP contribution in [0.15, 0.2) is 42.5 Å². The third kappa shape index (κ3) is 5.75. The minimum absolute atomic E-state index is 0.112. The highest BCUT2D eigenvalue weighted by atomic mass is 16.5. The molecule has 1 unspecified atom stereocenters. The van der Waals surface area contributed by atoms with E-state index in [1.165, 1.54) is 5.56 Å². The van der Waals surface area contributed by atoms with Crippen LogP contribution in [-0.4, -0.2) is 25.2 Å². The zero-order valence-electron chi connectivity index (χ0n) is 17.0. The Morgan fingerprint density at radius 2 is 1.74 bits per heavy atom. The maximum atomic E-state index is 12.5. The van der Waals surface area contributed by atoms with Gasteiger partial charge in [0.2, 0.25) is 0 Å². The maximum absolute atomic E-state index is 12.5. The Hall–Kier alpha value is -2.49. The van der Waals surface area contributed by atoms with Crippen LogP contribution < -0.4 is 14.8 Å². The van der Waals surface area contributed by atoms with Crippen LogP contribution in [-0.2, 0) is 4.79 Å². The lowest BCUT2D eigenvalue weighted by Gasteiger charge is -2.19. The molecule has 4 nitrogen and oxygen atoms in total. The third-order valence-corrected chi connectivity index (χ3v) is 4.69. The summed E-state index contributed by atoms with van der Waals surface area (Å²) in [4.78, 5) is 12.5. The van der Waals surface area contributed by atoms with Gasteiger partial charge in [-0.1, -0.05) is 51.1 Å². The molecular weight excluding hydrogens is 338 g/mol. The average molecular weight is 370 g/mol. The summed E-state index contributed by atoms with van der Waals surface area (Å²) in [7, 11) is 0. The molecule has 1 amide bonds. The molecule has 1 atom stereocenters. The normalized spacial score (nSPS) is 11.9. The van der Waals surface area contributed by atoms with Crippen molar-refractivity contribution in [3.8, 4) is 11.5 Å². The van der Waals surface area contributed by atoms with Gasteiger partial charge in [-0.3, -0.25) is 4.79 Å². The standard InChI is InChI=1S/C23H31NO3/c1-6-20(27-21-13-9-10-17(4)18(21)5)23(25)24-14-15-26-22-12-8-7-11-19(22)16(2)3/h7-13,16,20H,6,14-15H2,1-5H3,(H,24,25). The van der Waals surface area contributed by atoms with E-state index in [1.54, 1.807) is 0 Å². The smallest absolute Gasteiger partial charge is 0.261 e. The highest BCUT2D eigenvalue weighted by Gasteiger charge is 2.19. The van der Waals surface area contributed by atoms with Gasteiger partial charge < -0.3 is 14.8 Å². The number of amides is 1. The summed E-state index contributed by atoms with van der Waals surface area (Å²) in [5.41, 5.74) is 3.39. The number of ether oxygens (including phenoxy) is 2. The fraction of sp³-hybridized carbons (Fsp3) is 0.435. The van der Waals surface area contributed by atoms with Gasteiger partial charge >= 0.3 is 0 Å². The van der Waals surface area contributed by atoms with Crippen molar-refractivity contribution in [3.63, 3.8) is 0 Å². The third-order valence-electron chi connectivity index (χ3n) is 4.69. The number of carbonyl (C=O) groups is 1. The van der Waals surface area contributed by atoms with Crippen molar-refractivity contribution in [2.75, 3.05) is 13.2 Å². The molecule has 146 valence electrons. The molecule has 0 spiro atoms. The first kappa shape index (κ1) is 20.8. The molecule has 0 aromatic heterocycles. The number of para-hydroxylation sites is 1. The van der Waals surface area contributed by atoms with E-state index in [4.69, 9.17) is 9.47 Å². The average Bonchev–Trinajstić information content (AvgIpc) is 2.66. The number of carbonyl (C=O) groups excluding carboxylic acids is 1. The largest absolute Gasteiger partial charge is 0.491 e. The highest BCUT2D eigenvalue weighted by Crippen LogP contribution is 2.25. The lowest BCUT2D eigenvalue weighted by atomic mass is 10.0. The molecule has 0 fully saturated rings. The van der Waals surface area contributed by atoms with E-state index >= 15 is 0 Å². The van der Waals surface area contributed by atoms with Gasteiger partial charge in [-0.05, 0) is 55.0 Å². The monoisotopic (exact) mass is 369 g/mol. The summed E-state index contributed by atoms with van der Waals surface area (Å²) in [6.07, 6.45) is 0.101. The number of hydrogen-bond acceptors (Lipinski definition) is 3. The molecule has 2 aromatic rings. The Kier molecular flexibility index (Phi) is 7.71. The molecule has 2 rings (SSSR count). The second-order valence-electron chi connectivity index (χ2n) is 7.04. The van der Waals surface area contributed by atoms with Crippen molar-refractivity contribution in [2.24, 2.45) is 0 Å². The Balaban J connectivity index is 1.86. The molecule has 0 saturated carbocycles. The van der Waals surface area contributed by atoms with Crippen LogP contribution >= 0.6 is 0 Å². The van der Waals surface area contributed by atoms with Crippen LogP contribution in [0.4, 0.5) is 0 Å².